The van der Waals surface area contributed by atoms with E-state index in [1.54, 1.807) is 11.1 Å². The van der Waals surface area contributed by atoms with Crippen LogP contribution in [0.5, 0.6) is 0 Å². The third kappa shape index (κ3) is 1.59. The predicted molar refractivity (Wildman–Crippen MR) is 77.6 cm³/mol. The van der Waals surface area contributed by atoms with Gasteiger partial charge >= 0.3 is 0 Å². The van der Waals surface area contributed by atoms with Crippen LogP contribution >= 0.6 is 0 Å². The molecule has 2 aromatic carbocycles. The largest absolute Gasteiger partial charge is 0.0662 e. The van der Waals surface area contributed by atoms with Crippen LogP contribution in [0.15, 0.2) is 42.0 Å². The molecule has 0 heteroatoms. The monoisotopic (exact) mass is 234 g/mol. The molecule has 2 aliphatic carbocycles. The number of rotatable bonds is 0. The van der Waals surface area contributed by atoms with Crippen molar-refractivity contribution >= 4 is 16.8 Å². The van der Waals surface area contributed by atoms with Crippen molar-refractivity contribution in [2.75, 3.05) is 0 Å². The first-order chi connectivity index (χ1) is 8.90. The van der Waals surface area contributed by atoms with Gasteiger partial charge in [0.2, 0.25) is 0 Å². The lowest BCUT2D eigenvalue weighted by Gasteiger charge is -2.30. The standard InChI is InChI=1S/C18H18/c1-2-6-14-10-18-12-16-8-4-3-7-15(16)11-17(18)9-13(14)5-1/h1-2,5-6,9-11,16H,3-4,7-8,12H2. The molecule has 18 heavy (non-hydrogen) atoms. The SMILES string of the molecule is C1=C2CCCCC2Cc2cc3ccccc3cc21. The molecule has 4 rings (SSSR count). The van der Waals surface area contributed by atoms with Crippen molar-refractivity contribution < 1.29 is 0 Å². The zero-order valence-electron chi connectivity index (χ0n) is 10.7. The molecule has 1 unspecified atom stereocenters. The van der Waals surface area contributed by atoms with Gasteiger partial charge in [-0.1, -0.05) is 48.4 Å². The highest BCUT2D eigenvalue weighted by atomic mass is 14.3. The van der Waals surface area contributed by atoms with E-state index in [2.05, 4.69) is 42.5 Å². The lowest BCUT2D eigenvalue weighted by atomic mass is 9.75. The van der Waals surface area contributed by atoms with Crippen LogP contribution in [0.4, 0.5) is 0 Å². The van der Waals surface area contributed by atoms with Crippen LogP contribution in [-0.2, 0) is 6.42 Å². The van der Waals surface area contributed by atoms with E-state index in [0.717, 1.165) is 5.92 Å². The molecule has 0 aromatic heterocycles. The predicted octanol–water partition coefficient (Wildman–Crippen LogP) is 4.97. The van der Waals surface area contributed by atoms with Crippen molar-refractivity contribution in [3.05, 3.63) is 53.1 Å². The number of hydrogen-bond acceptors (Lipinski definition) is 0. The van der Waals surface area contributed by atoms with Gasteiger partial charge < -0.3 is 0 Å². The lowest BCUT2D eigenvalue weighted by Crippen LogP contribution is -2.16. The number of fused-ring (bicyclic) bond motifs is 3. The summed E-state index contributed by atoms with van der Waals surface area (Å²) in [5.74, 6) is 0.840. The first-order valence-corrected chi connectivity index (χ1v) is 7.12. The molecule has 0 bridgehead atoms. The lowest BCUT2D eigenvalue weighted by molar-refractivity contribution is 0.450. The Balaban J connectivity index is 1.89. The average Bonchev–Trinajstić information content (AvgIpc) is 2.42. The molecule has 0 spiro atoms. The second-order valence-electron chi connectivity index (χ2n) is 5.76. The summed E-state index contributed by atoms with van der Waals surface area (Å²) in [6.45, 7) is 0. The van der Waals surface area contributed by atoms with Crippen LogP contribution in [0, 0.1) is 5.92 Å². The Kier molecular flexibility index (Phi) is 2.29. The fraction of sp³-hybridized carbons (Fsp3) is 0.333. The Hall–Kier alpha value is -1.56. The summed E-state index contributed by atoms with van der Waals surface area (Å²) in [6, 6.07) is 13.5. The quantitative estimate of drug-likeness (QED) is 0.603. The molecule has 0 N–H and O–H groups in total. The van der Waals surface area contributed by atoms with E-state index < -0.39 is 0 Å². The second kappa shape index (κ2) is 3.98. The molecule has 0 amide bonds. The van der Waals surface area contributed by atoms with Gasteiger partial charge in [0.1, 0.15) is 0 Å². The molecule has 1 saturated carbocycles. The van der Waals surface area contributed by atoms with E-state index >= 15 is 0 Å². The Labute approximate surface area is 108 Å². The van der Waals surface area contributed by atoms with Gasteiger partial charge in [0.05, 0.1) is 0 Å². The summed E-state index contributed by atoms with van der Waals surface area (Å²) < 4.78 is 0. The summed E-state index contributed by atoms with van der Waals surface area (Å²) in [7, 11) is 0. The van der Waals surface area contributed by atoms with Crippen molar-refractivity contribution in [1.29, 1.82) is 0 Å². The maximum absolute atomic E-state index is 2.48. The van der Waals surface area contributed by atoms with Gasteiger partial charge in [-0.15, -0.1) is 0 Å². The molecule has 0 nitrogen and oxygen atoms in total. The van der Waals surface area contributed by atoms with Crippen molar-refractivity contribution in [2.45, 2.75) is 32.1 Å². The minimum atomic E-state index is 0.840. The minimum absolute atomic E-state index is 0.840. The Morgan fingerprint density at radius 1 is 0.944 bits per heavy atom. The number of hydrogen-bond donors (Lipinski definition) is 0. The zero-order chi connectivity index (χ0) is 11.9. The Bertz CT molecular complexity index is 634. The smallest absolute Gasteiger partial charge is 0.0159 e. The van der Waals surface area contributed by atoms with E-state index in [1.165, 1.54) is 48.4 Å². The Morgan fingerprint density at radius 2 is 1.78 bits per heavy atom. The Morgan fingerprint density at radius 3 is 2.67 bits per heavy atom. The van der Waals surface area contributed by atoms with E-state index in [0.29, 0.717) is 0 Å². The second-order valence-corrected chi connectivity index (χ2v) is 5.76. The van der Waals surface area contributed by atoms with Crippen LogP contribution < -0.4 is 0 Å². The highest BCUT2D eigenvalue weighted by Gasteiger charge is 2.23. The van der Waals surface area contributed by atoms with Crippen LogP contribution in [0.1, 0.15) is 36.8 Å². The van der Waals surface area contributed by atoms with Crippen LogP contribution in [0.3, 0.4) is 0 Å². The molecular formula is C18H18. The van der Waals surface area contributed by atoms with Crippen molar-refractivity contribution in [2.24, 2.45) is 5.92 Å². The fourth-order valence-electron chi connectivity index (χ4n) is 3.61. The highest BCUT2D eigenvalue weighted by molar-refractivity contribution is 5.86. The van der Waals surface area contributed by atoms with Crippen LogP contribution in [0.2, 0.25) is 0 Å². The molecule has 2 aliphatic rings. The normalized spacial score (nSPS) is 22.2. The first kappa shape index (κ1) is 10.4. The van der Waals surface area contributed by atoms with Crippen LogP contribution in [0.25, 0.3) is 16.8 Å². The molecule has 2 aromatic rings. The van der Waals surface area contributed by atoms with Gasteiger partial charge in [-0.25, -0.2) is 0 Å². The number of allylic oxidation sites excluding steroid dienone is 1. The van der Waals surface area contributed by atoms with Gasteiger partial charge in [-0.3, -0.25) is 0 Å². The third-order valence-electron chi connectivity index (χ3n) is 4.61. The highest BCUT2D eigenvalue weighted by Crippen LogP contribution is 2.39. The average molecular weight is 234 g/mol. The van der Waals surface area contributed by atoms with Crippen LogP contribution in [-0.4, -0.2) is 0 Å². The summed E-state index contributed by atoms with van der Waals surface area (Å²) in [6.07, 6.45) is 9.30. The summed E-state index contributed by atoms with van der Waals surface area (Å²) in [5.41, 5.74) is 4.75. The first-order valence-electron chi connectivity index (χ1n) is 7.12. The molecule has 0 aliphatic heterocycles. The topological polar surface area (TPSA) is 0 Å². The molecular weight excluding hydrogens is 216 g/mol. The van der Waals surface area contributed by atoms with Gasteiger partial charge in [0.25, 0.3) is 0 Å². The molecule has 0 saturated heterocycles. The van der Waals surface area contributed by atoms with Gasteiger partial charge in [-0.05, 0) is 59.6 Å². The molecule has 0 heterocycles. The fourth-order valence-corrected chi connectivity index (χ4v) is 3.61. The molecule has 1 atom stereocenters. The zero-order valence-corrected chi connectivity index (χ0v) is 10.7. The summed E-state index contributed by atoms with van der Waals surface area (Å²) in [5, 5.41) is 2.77. The van der Waals surface area contributed by atoms with Gasteiger partial charge in [0.15, 0.2) is 0 Å². The maximum atomic E-state index is 2.48. The van der Waals surface area contributed by atoms with E-state index in [9.17, 15) is 0 Å². The van der Waals surface area contributed by atoms with Gasteiger partial charge in [0, 0.05) is 0 Å². The summed E-state index contributed by atoms with van der Waals surface area (Å²) in [4.78, 5) is 0. The van der Waals surface area contributed by atoms with E-state index in [-0.39, 0.29) is 0 Å². The van der Waals surface area contributed by atoms with E-state index in [1.807, 2.05) is 0 Å². The van der Waals surface area contributed by atoms with E-state index in [4.69, 9.17) is 0 Å². The van der Waals surface area contributed by atoms with Gasteiger partial charge in [-0.2, -0.15) is 0 Å². The minimum Gasteiger partial charge on any atom is -0.0662 e. The van der Waals surface area contributed by atoms with Crippen molar-refractivity contribution in [3.63, 3.8) is 0 Å². The summed E-state index contributed by atoms with van der Waals surface area (Å²) >= 11 is 0. The molecule has 0 radical (unpaired) electrons. The third-order valence-corrected chi connectivity index (χ3v) is 4.61. The molecule has 1 fully saturated rings. The maximum Gasteiger partial charge on any atom is -0.0159 e. The molecule has 90 valence electrons. The van der Waals surface area contributed by atoms with Crippen molar-refractivity contribution in [3.8, 4) is 0 Å². The van der Waals surface area contributed by atoms with Crippen molar-refractivity contribution in [1.82, 2.24) is 0 Å². The number of benzene rings is 2.